The summed E-state index contributed by atoms with van der Waals surface area (Å²) in [5.41, 5.74) is 7.56. The van der Waals surface area contributed by atoms with Crippen LogP contribution >= 0.6 is 22.9 Å². The number of hydrogen-bond donors (Lipinski definition) is 2. The first-order valence-electron chi connectivity index (χ1n) is 7.84. The minimum absolute atomic E-state index is 0.382. The van der Waals surface area contributed by atoms with Gasteiger partial charge in [-0.3, -0.25) is 9.59 Å². The van der Waals surface area contributed by atoms with Crippen LogP contribution in [-0.2, 0) is 4.79 Å². The monoisotopic (exact) mass is 385 g/mol. The average molecular weight is 386 g/mol. The minimum Gasteiger partial charge on any atom is -0.368 e. The van der Waals surface area contributed by atoms with E-state index in [1.807, 2.05) is 18.2 Å². The van der Waals surface area contributed by atoms with Crippen LogP contribution in [0.3, 0.4) is 0 Å². The first-order chi connectivity index (χ1) is 12.5. The maximum Gasteiger partial charge on any atom is 0.264 e. The molecule has 0 saturated heterocycles. The summed E-state index contributed by atoms with van der Waals surface area (Å²) in [5.74, 6) is -1.00. The third-order valence-electron chi connectivity index (χ3n) is 3.79. The number of aromatic nitrogens is 1. The zero-order valence-corrected chi connectivity index (χ0v) is 15.5. The largest absolute Gasteiger partial charge is 0.368 e. The summed E-state index contributed by atoms with van der Waals surface area (Å²) in [7, 11) is 0. The first-order valence-corrected chi connectivity index (χ1v) is 9.03. The molecule has 1 unspecified atom stereocenters. The summed E-state index contributed by atoms with van der Waals surface area (Å²) < 4.78 is 0. The molecule has 1 atom stereocenters. The lowest BCUT2D eigenvalue weighted by Gasteiger charge is -2.15. The van der Waals surface area contributed by atoms with Gasteiger partial charge < -0.3 is 11.1 Å². The molecule has 0 fully saturated rings. The van der Waals surface area contributed by atoms with Gasteiger partial charge in [-0.05, 0) is 24.6 Å². The molecule has 132 valence electrons. The van der Waals surface area contributed by atoms with Crippen molar-refractivity contribution < 1.29 is 9.59 Å². The molecule has 1 aromatic heterocycles. The van der Waals surface area contributed by atoms with Crippen LogP contribution in [0.25, 0.3) is 10.6 Å². The van der Waals surface area contributed by atoms with E-state index in [1.165, 1.54) is 11.3 Å². The van der Waals surface area contributed by atoms with E-state index in [2.05, 4.69) is 10.3 Å². The molecule has 0 aliphatic carbocycles. The van der Waals surface area contributed by atoms with Gasteiger partial charge in [0.05, 0.1) is 5.69 Å². The fourth-order valence-electron chi connectivity index (χ4n) is 2.48. The summed E-state index contributed by atoms with van der Waals surface area (Å²) in [5, 5.41) is 4.04. The number of carbonyl (C=O) groups excluding carboxylic acids is 2. The second-order valence-corrected chi connectivity index (χ2v) is 7.10. The topological polar surface area (TPSA) is 85.1 Å². The number of benzene rings is 2. The highest BCUT2D eigenvalue weighted by Gasteiger charge is 2.23. The molecule has 1 heterocycles. The van der Waals surface area contributed by atoms with E-state index in [-0.39, 0.29) is 5.91 Å². The molecule has 0 saturated carbocycles. The molecule has 0 radical (unpaired) electrons. The van der Waals surface area contributed by atoms with Gasteiger partial charge in [-0.15, -0.1) is 11.3 Å². The van der Waals surface area contributed by atoms with Gasteiger partial charge in [-0.25, -0.2) is 4.98 Å². The predicted molar refractivity (Wildman–Crippen MR) is 103 cm³/mol. The second kappa shape index (κ2) is 7.68. The summed E-state index contributed by atoms with van der Waals surface area (Å²) >= 11 is 7.16. The molecule has 26 heavy (non-hydrogen) atoms. The van der Waals surface area contributed by atoms with E-state index >= 15 is 0 Å². The number of halogens is 1. The van der Waals surface area contributed by atoms with Gasteiger partial charge in [0.15, 0.2) is 0 Å². The molecule has 3 aromatic rings. The second-order valence-electron chi connectivity index (χ2n) is 5.66. The standard InChI is InChI=1S/C19H16ClN3O2S/c1-11-16(26-19(22-11)13-7-9-14(20)10-8-13)18(25)23-15(17(21)24)12-5-3-2-4-6-12/h2-10,15H,1H3,(H2,21,24)(H,23,25). The normalized spacial score (nSPS) is 11.8. The van der Waals surface area contributed by atoms with Crippen molar-refractivity contribution in [1.29, 1.82) is 0 Å². The van der Waals surface area contributed by atoms with E-state index in [4.69, 9.17) is 17.3 Å². The van der Waals surface area contributed by atoms with E-state index in [0.717, 1.165) is 5.56 Å². The molecule has 0 aliphatic rings. The number of amides is 2. The quantitative estimate of drug-likeness (QED) is 0.701. The average Bonchev–Trinajstić information content (AvgIpc) is 3.02. The van der Waals surface area contributed by atoms with Crippen LogP contribution in [0.2, 0.25) is 5.02 Å². The van der Waals surface area contributed by atoms with Crippen LogP contribution < -0.4 is 11.1 Å². The number of hydrogen-bond acceptors (Lipinski definition) is 4. The predicted octanol–water partition coefficient (Wildman–Crippen LogP) is 3.73. The first kappa shape index (κ1) is 18.1. The number of carbonyl (C=O) groups is 2. The number of primary amides is 1. The van der Waals surface area contributed by atoms with Crippen LogP contribution in [0.1, 0.15) is 27.0 Å². The number of nitrogens with one attached hydrogen (secondary N) is 1. The van der Waals surface area contributed by atoms with Crippen molar-refractivity contribution in [2.45, 2.75) is 13.0 Å². The molecule has 0 bridgehead atoms. The highest BCUT2D eigenvalue weighted by molar-refractivity contribution is 7.17. The van der Waals surface area contributed by atoms with Crippen molar-refractivity contribution in [2.75, 3.05) is 0 Å². The third kappa shape index (κ3) is 3.92. The van der Waals surface area contributed by atoms with Gasteiger partial charge in [0, 0.05) is 10.6 Å². The molecular formula is C19H16ClN3O2S. The molecule has 3 rings (SSSR count). The van der Waals surface area contributed by atoms with Crippen molar-refractivity contribution in [2.24, 2.45) is 5.73 Å². The molecule has 0 spiro atoms. The molecule has 5 nitrogen and oxygen atoms in total. The van der Waals surface area contributed by atoms with Crippen LogP contribution in [0.4, 0.5) is 0 Å². The van der Waals surface area contributed by atoms with Crippen LogP contribution in [0.15, 0.2) is 54.6 Å². The Bertz CT molecular complexity index is 939. The third-order valence-corrected chi connectivity index (χ3v) is 5.24. The van der Waals surface area contributed by atoms with Crippen molar-refractivity contribution in [1.82, 2.24) is 10.3 Å². The van der Waals surface area contributed by atoms with E-state index in [0.29, 0.717) is 26.2 Å². The number of thiazole rings is 1. The summed E-state index contributed by atoms with van der Waals surface area (Å²) in [4.78, 5) is 29.4. The van der Waals surface area contributed by atoms with Gasteiger partial charge in [-0.1, -0.05) is 54.1 Å². The Balaban J connectivity index is 1.85. The lowest BCUT2D eigenvalue weighted by molar-refractivity contribution is -0.120. The molecule has 3 N–H and O–H groups in total. The fraction of sp³-hybridized carbons (Fsp3) is 0.105. The molecule has 2 amide bonds. The Morgan fingerprint density at radius 3 is 2.38 bits per heavy atom. The Hall–Kier alpha value is -2.70. The Labute approximate surface area is 159 Å². The van der Waals surface area contributed by atoms with Crippen molar-refractivity contribution in [3.8, 4) is 10.6 Å². The van der Waals surface area contributed by atoms with Gasteiger partial charge >= 0.3 is 0 Å². The highest BCUT2D eigenvalue weighted by Crippen LogP contribution is 2.29. The van der Waals surface area contributed by atoms with Gasteiger partial charge in [-0.2, -0.15) is 0 Å². The zero-order chi connectivity index (χ0) is 18.7. The van der Waals surface area contributed by atoms with E-state index in [1.54, 1.807) is 43.3 Å². The maximum atomic E-state index is 12.7. The fourth-order valence-corrected chi connectivity index (χ4v) is 3.58. The van der Waals surface area contributed by atoms with Crippen LogP contribution in [0.5, 0.6) is 0 Å². The lowest BCUT2D eigenvalue weighted by Crippen LogP contribution is -2.37. The van der Waals surface area contributed by atoms with Gasteiger partial charge in [0.2, 0.25) is 5.91 Å². The van der Waals surface area contributed by atoms with Crippen molar-refractivity contribution >= 4 is 34.8 Å². The minimum atomic E-state index is -0.899. The van der Waals surface area contributed by atoms with Gasteiger partial charge in [0.25, 0.3) is 5.91 Å². The number of nitrogens with two attached hydrogens (primary N) is 1. The Morgan fingerprint density at radius 2 is 1.77 bits per heavy atom. The smallest absolute Gasteiger partial charge is 0.264 e. The highest BCUT2D eigenvalue weighted by atomic mass is 35.5. The Morgan fingerprint density at radius 1 is 1.12 bits per heavy atom. The SMILES string of the molecule is Cc1nc(-c2ccc(Cl)cc2)sc1C(=O)NC(C(N)=O)c1ccccc1. The molecule has 2 aromatic carbocycles. The lowest BCUT2D eigenvalue weighted by atomic mass is 10.1. The van der Waals surface area contributed by atoms with Crippen LogP contribution in [-0.4, -0.2) is 16.8 Å². The number of aryl methyl sites for hydroxylation is 1. The number of nitrogens with zero attached hydrogens (tertiary/aromatic N) is 1. The number of rotatable bonds is 5. The van der Waals surface area contributed by atoms with Crippen LogP contribution in [0, 0.1) is 6.92 Å². The zero-order valence-electron chi connectivity index (χ0n) is 13.9. The molecular weight excluding hydrogens is 370 g/mol. The summed E-state index contributed by atoms with van der Waals surface area (Å²) in [6.07, 6.45) is 0. The summed E-state index contributed by atoms with van der Waals surface area (Å²) in [6.45, 7) is 1.76. The van der Waals surface area contributed by atoms with E-state index in [9.17, 15) is 9.59 Å². The Kier molecular flexibility index (Phi) is 5.35. The molecule has 7 heteroatoms. The van der Waals surface area contributed by atoms with Gasteiger partial charge in [0.1, 0.15) is 15.9 Å². The maximum absolute atomic E-state index is 12.7. The van der Waals surface area contributed by atoms with Crippen molar-refractivity contribution in [3.05, 3.63) is 75.8 Å². The summed E-state index contributed by atoms with van der Waals surface area (Å²) in [6, 6.07) is 15.2. The molecule has 0 aliphatic heterocycles. The van der Waals surface area contributed by atoms with E-state index < -0.39 is 11.9 Å². The van der Waals surface area contributed by atoms with Crippen molar-refractivity contribution in [3.63, 3.8) is 0 Å².